The third-order valence-corrected chi connectivity index (χ3v) is 3.80. The van der Waals surface area contributed by atoms with Crippen LogP contribution in [0.25, 0.3) is 0 Å². The Morgan fingerprint density at radius 3 is 1.48 bits per heavy atom. The van der Waals surface area contributed by atoms with Crippen LogP contribution in [0.5, 0.6) is 11.5 Å². The molecule has 3 aromatic carbocycles. The maximum Gasteiger partial charge on any atom is 0.124 e. The van der Waals surface area contributed by atoms with Crippen molar-refractivity contribution in [2.24, 2.45) is 0 Å². The van der Waals surface area contributed by atoms with Gasteiger partial charge in [0.15, 0.2) is 0 Å². The number of rotatable bonds is 6. The van der Waals surface area contributed by atoms with Crippen molar-refractivity contribution in [1.82, 2.24) is 0 Å². The highest BCUT2D eigenvalue weighted by Crippen LogP contribution is 2.27. The van der Waals surface area contributed by atoms with Gasteiger partial charge in [-0.05, 0) is 23.3 Å². The van der Waals surface area contributed by atoms with Gasteiger partial charge < -0.3 is 9.47 Å². The van der Waals surface area contributed by atoms with Crippen LogP contribution in [0.1, 0.15) is 11.1 Å². The Morgan fingerprint density at radius 1 is 0.609 bits per heavy atom. The Bertz CT molecular complexity index is 680. The molecular formula is C20H17BrO2. The van der Waals surface area contributed by atoms with Gasteiger partial charge in [0.05, 0.1) is 0 Å². The predicted octanol–water partition coefficient (Wildman–Crippen LogP) is 5.61. The SMILES string of the molecule is Brc1cc(OCc2ccccc2)cc(OCc2ccccc2)c1. The maximum absolute atomic E-state index is 5.86. The molecule has 2 nitrogen and oxygen atoms in total. The molecule has 3 aromatic rings. The van der Waals surface area contributed by atoms with Gasteiger partial charge in [-0.2, -0.15) is 0 Å². The number of hydrogen-bond donors (Lipinski definition) is 0. The fraction of sp³-hybridized carbons (Fsp3) is 0.100. The van der Waals surface area contributed by atoms with E-state index in [-0.39, 0.29) is 0 Å². The number of halogens is 1. The van der Waals surface area contributed by atoms with E-state index in [9.17, 15) is 0 Å². The molecule has 0 unspecified atom stereocenters. The van der Waals surface area contributed by atoms with Crippen LogP contribution in [0, 0.1) is 0 Å². The molecule has 3 heteroatoms. The number of hydrogen-bond acceptors (Lipinski definition) is 2. The lowest BCUT2D eigenvalue weighted by Crippen LogP contribution is -1.98. The van der Waals surface area contributed by atoms with Gasteiger partial charge >= 0.3 is 0 Å². The highest BCUT2D eigenvalue weighted by Gasteiger charge is 2.03. The minimum absolute atomic E-state index is 0.537. The van der Waals surface area contributed by atoms with Crippen molar-refractivity contribution < 1.29 is 9.47 Å². The molecule has 0 aliphatic rings. The second-order valence-corrected chi connectivity index (χ2v) is 6.09. The van der Waals surface area contributed by atoms with Crippen molar-refractivity contribution in [1.29, 1.82) is 0 Å². The Labute approximate surface area is 144 Å². The van der Waals surface area contributed by atoms with E-state index in [2.05, 4.69) is 15.9 Å². The normalized spacial score (nSPS) is 10.3. The second-order valence-electron chi connectivity index (χ2n) is 5.17. The summed E-state index contributed by atoms with van der Waals surface area (Å²) in [5, 5.41) is 0. The zero-order valence-corrected chi connectivity index (χ0v) is 14.2. The van der Waals surface area contributed by atoms with E-state index < -0.39 is 0 Å². The van der Waals surface area contributed by atoms with Crippen molar-refractivity contribution in [2.75, 3.05) is 0 Å². The molecule has 0 saturated carbocycles. The van der Waals surface area contributed by atoms with E-state index in [1.165, 1.54) is 0 Å². The molecule has 0 N–H and O–H groups in total. The van der Waals surface area contributed by atoms with E-state index in [1.807, 2.05) is 78.9 Å². The summed E-state index contributed by atoms with van der Waals surface area (Å²) in [5.74, 6) is 1.57. The molecule has 0 aromatic heterocycles. The van der Waals surface area contributed by atoms with Crippen LogP contribution in [-0.4, -0.2) is 0 Å². The van der Waals surface area contributed by atoms with Crippen molar-refractivity contribution in [2.45, 2.75) is 13.2 Å². The summed E-state index contributed by atoms with van der Waals surface area (Å²) >= 11 is 3.51. The van der Waals surface area contributed by atoms with Gasteiger partial charge in [0, 0.05) is 10.5 Å². The van der Waals surface area contributed by atoms with Gasteiger partial charge in [-0.25, -0.2) is 0 Å². The van der Waals surface area contributed by atoms with Crippen molar-refractivity contribution >= 4 is 15.9 Å². The molecular weight excluding hydrogens is 352 g/mol. The molecule has 0 atom stereocenters. The summed E-state index contributed by atoms with van der Waals surface area (Å²) < 4.78 is 12.6. The van der Waals surface area contributed by atoms with Crippen LogP contribution in [-0.2, 0) is 13.2 Å². The summed E-state index contributed by atoms with van der Waals surface area (Å²) in [5.41, 5.74) is 2.28. The van der Waals surface area contributed by atoms with E-state index in [0.29, 0.717) is 13.2 Å². The van der Waals surface area contributed by atoms with Gasteiger partial charge in [-0.1, -0.05) is 76.6 Å². The zero-order chi connectivity index (χ0) is 15.9. The monoisotopic (exact) mass is 368 g/mol. The first-order valence-corrected chi connectivity index (χ1v) is 8.23. The molecule has 0 spiro atoms. The molecule has 23 heavy (non-hydrogen) atoms. The third-order valence-electron chi connectivity index (χ3n) is 3.34. The third kappa shape index (κ3) is 4.86. The average molecular weight is 369 g/mol. The standard InChI is InChI=1S/C20H17BrO2/c21-18-11-19(22-14-16-7-3-1-4-8-16)13-20(12-18)23-15-17-9-5-2-6-10-17/h1-13H,14-15H2. The molecule has 0 heterocycles. The Kier molecular flexibility index (Phi) is 5.33. The summed E-state index contributed by atoms with van der Waals surface area (Å²) in [6, 6.07) is 26.0. The first-order chi connectivity index (χ1) is 11.3. The minimum atomic E-state index is 0.537. The molecule has 0 saturated heterocycles. The average Bonchev–Trinajstić information content (AvgIpc) is 2.60. The lowest BCUT2D eigenvalue weighted by atomic mass is 10.2. The lowest BCUT2D eigenvalue weighted by molar-refractivity contribution is 0.289. The molecule has 0 aliphatic carbocycles. The number of benzene rings is 3. The predicted molar refractivity (Wildman–Crippen MR) is 95.7 cm³/mol. The Balaban J connectivity index is 1.64. The van der Waals surface area contributed by atoms with Crippen LogP contribution in [0.2, 0.25) is 0 Å². The van der Waals surface area contributed by atoms with Crippen LogP contribution in [0.3, 0.4) is 0 Å². The van der Waals surface area contributed by atoms with Gasteiger partial charge in [-0.3, -0.25) is 0 Å². The molecule has 0 amide bonds. The molecule has 3 rings (SSSR count). The van der Waals surface area contributed by atoms with Gasteiger partial charge in [0.25, 0.3) is 0 Å². The summed E-state index contributed by atoms with van der Waals surface area (Å²) in [7, 11) is 0. The van der Waals surface area contributed by atoms with Gasteiger partial charge in [0.2, 0.25) is 0 Å². The van der Waals surface area contributed by atoms with Crippen molar-refractivity contribution in [3.05, 3.63) is 94.5 Å². The fourth-order valence-electron chi connectivity index (χ4n) is 2.19. The Morgan fingerprint density at radius 2 is 1.04 bits per heavy atom. The van der Waals surface area contributed by atoms with Gasteiger partial charge in [0.1, 0.15) is 24.7 Å². The van der Waals surface area contributed by atoms with Crippen molar-refractivity contribution in [3.63, 3.8) is 0 Å². The first-order valence-electron chi connectivity index (χ1n) is 7.44. The van der Waals surface area contributed by atoms with Crippen LogP contribution in [0.4, 0.5) is 0 Å². The van der Waals surface area contributed by atoms with Crippen LogP contribution in [0.15, 0.2) is 83.3 Å². The van der Waals surface area contributed by atoms with Gasteiger partial charge in [-0.15, -0.1) is 0 Å². The molecule has 0 radical (unpaired) electrons. The molecule has 116 valence electrons. The molecule has 0 bridgehead atoms. The quantitative estimate of drug-likeness (QED) is 0.563. The lowest BCUT2D eigenvalue weighted by Gasteiger charge is -2.11. The van der Waals surface area contributed by atoms with E-state index in [1.54, 1.807) is 0 Å². The van der Waals surface area contributed by atoms with E-state index in [0.717, 1.165) is 27.1 Å². The minimum Gasteiger partial charge on any atom is -0.489 e. The summed E-state index contributed by atoms with van der Waals surface area (Å²) in [6.07, 6.45) is 0. The molecule has 0 fully saturated rings. The Hall–Kier alpha value is -2.26. The topological polar surface area (TPSA) is 18.5 Å². The zero-order valence-electron chi connectivity index (χ0n) is 12.6. The second kappa shape index (κ2) is 7.84. The van der Waals surface area contributed by atoms with E-state index in [4.69, 9.17) is 9.47 Å². The first kappa shape index (κ1) is 15.6. The van der Waals surface area contributed by atoms with Crippen molar-refractivity contribution in [3.8, 4) is 11.5 Å². The highest BCUT2D eigenvalue weighted by molar-refractivity contribution is 9.10. The summed E-state index contributed by atoms with van der Waals surface area (Å²) in [4.78, 5) is 0. The largest absolute Gasteiger partial charge is 0.489 e. The van der Waals surface area contributed by atoms with Crippen LogP contribution >= 0.6 is 15.9 Å². The highest BCUT2D eigenvalue weighted by atomic mass is 79.9. The maximum atomic E-state index is 5.86. The molecule has 0 aliphatic heterocycles. The fourth-order valence-corrected chi connectivity index (χ4v) is 2.64. The van der Waals surface area contributed by atoms with E-state index >= 15 is 0 Å². The number of ether oxygens (including phenoxy) is 2. The van der Waals surface area contributed by atoms with Crippen LogP contribution < -0.4 is 9.47 Å². The summed E-state index contributed by atoms with van der Waals surface area (Å²) in [6.45, 7) is 1.07. The smallest absolute Gasteiger partial charge is 0.124 e.